The summed E-state index contributed by atoms with van der Waals surface area (Å²) < 4.78 is 5.18. The summed E-state index contributed by atoms with van der Waals surface area (Å²) in [4.78, 5) is 8.94. The molecule has 0 aliphatic carbocycles. The third-order valence-electron chi connectivity index (χ3n) is 3.44. The Kier molecular flexibility index (Phi) is 3.43. The summed E-state index contributed by atoms with van der Waals surface area (Å²) in [6, 6.07) is 7.92. The number of rotatable bonds is 4. The normalized spacial score (nSPS) is 10.8. The Bertz CT molecular complexity index is 761. The van der Waals surface area contributed by atoms with Crippen LogP contribution in [0.25, 0.3) is 10.9 Å². The summed E-state index contributed by atoms with van der Waals surface area (Å²) in [6.45, 7) is 4.46. The molecule has 21 heavy (non-hydrogen) atoms. The van der Waals surface area contributed by atoms with Crippen molar-refractivity contribution >= 4 is 22.7 Å². The van der Waals surface area contributed by atoms with E-state index in [0.717, 1.165) is 33.7 Å². The van der Waals surface area contributed by atoms with E-state index in [0.29, 0.717) is 12.5 Å². The lowest BCUT2D eigenvalue weighted by atomic mass is 10.2. The topological polar surface area (TPSA) is 75.9 Å². The second kappa shape index (κ2) is 5.40. The fourth-order valence-electron chi connectivity index (χ4n) is 2.25. The van der Waals surface area contributed by atoms with Gasteiger partial charge >= 0.3 is 0 Å². The minimum Gasteiger partial charge on any atom is -0.365 e. The maximum atomic E-state index is 5.18. The van der Waals surface area contributed by atoms with Crippen LogP contribution < -0.4 is 10.6 Å². The maximum absolute atomic E-state index is 5.18. The minimum atomic E-state index is 0.593. The average molecular weight is 283 g/mol. The summed E-state index contributed by atoms with van der Waals surface area (Å²) in [7, 11) is 1.81. The predicted molar refractivity (Wildman–Crippen MR) is 82.4 cm³/mol. The number of nitrogens with one attached hydrogen (secondary N) is 2. The van der Waals surface area contributed by atoms with Crippen molar-refractivity contribution in [3.8, 4) is 0 Å². The average Bonchev–Trinajstić information content (AvgIpc) is 2.83. The van der Waals surface area contributed by atoms with Gasteiger partial charge in [-0.15, -0.1) is 0 Å². The van der Waals surface area contributed by atoms with Gasteiger partial charge in [0.1, 0.15) is 11.6 Å². The Morgan fingerprint density at radius 1 is 1.14 bits per heavy atom. The van der Waals surface area contributed by atoms with Gasteiger partial charge < -0.3 is 15.2 Å². The van der Waals surface area contributed by atoms with Crippen LogP contribution in [-0.2, 0) is 6.54 Å². The standard InChI is InChI=1S/C15H17N5O/c1-9-12(10(2)21-20-9)8-17-14-11-6-4-5-7-13(11)18-15(16-3)19-14/h4-7H,8H2,1-3H3,(H2,16,17,18,19). The van der Waals surface area contributed by atoms with Crippen molar-refractivity contribution in [3.05, 3.63) is 41.3 Å². The molecule has 0 fully saturated rings. The third kappa shape index (κ3) is 2.52. The zero-order valence-corrected chi connectivity index (χ0v) is 12.3. The molecule has 0 aliphatic heterocycles. The molecule has 2 N–H and O–H groups in total. The molecule has 108 valence electrons. The van der Waals surface area contributed by atoms with Gasteiger partial charge in [0.15, 0.2) is 0 Å². The van der Waals surface area contributed by atoms with Crippen molar-refractivity contribution in [3.63, 3.8) is 0 Å². The first-order valence-electron chi connectivity index (χ1n) is 6.79. The van der Waals surface area contributed by atoms with Crippen molar-refractivity contribution in [1.82, 2.24) is 15.1 Å². The molecule has 0 saturated carbocycles. The predicted octanol–water partition coefficient (Wildman–Crippen LogP) is 2.89. The Morgan fingerprint density at radius 3 is 2.67 bits per heavy atom. The number of fused-ring (bicyclic) bond motifs is 1. The van der Waals surface area contributed by atoms with Crippen LogP contribution in [-0.4, -0.2) is 22.2 Å². The lowest BCUT2D eigenvalue weighted by Gasteiger charge is -2.10. The van der Waals surface area contributed by atoms with Crippen molar-refractivity contribution in [2.24, 2.45) is 0 Å². The number of anilines is 2. The number of hydrogen-bond donors (Lipinski definition) is 2. The first-order valence-corrected chi connectivity index (χ1v) is 6.79. The Hall–Kier alpha value is -2.63. The number of nitrogens with zero attached hydrogens (tertiary/aromatic N) is 3. The zero-order valence-electron chi connectivity index (χ0n) is 12.3. The molecular formula is C15H17N5O. The maximum Gasteiger partial charge on any atom is 0.224 e. The number of aryl methyl sites for hydroxylation is 2. The van der Waals surface area contributed by atoms with Crippen molar-refractivity contribution in [2.45, 2.75) is 20.4 Å². The van der Waals surface area contributed by atoms with Gasteiger partial charge in [0, 0.05) is 24.5 Å². The number of benzene rings is 1. The van der Waals surface area contributed by atoms with Gasteiger partial charge in [0.05, 0.1) is 11.2 Å². The first kappa shape index (κ1) is 13.4. The van der Waals surface area contributed by atoms with E-state index in [2.05, 4.69) is 25.8 Å². The molecule has 0 aliphatic rings. The molecule has 0 bridgehead atoms. The first-order chi connectivity index (χ1) is 10.2. The van der Waals surface area contributed by atoms with Crippen LogP contribution in [0.2, 0.25) is 0 Å². The van der Waals surface area contributed by atoms with E-state index in [1.165, 1.54) is 0 Å². The fourth-order valence-corrected chi connectivity index (χ4v) is 2.25. The molecule has 0 atom stereocenters. The molecular weight excluding hydrogens is 266 g/mol. The van der Waals surface area contributed by atoms with Gasteiger partial charge in [0.25, 0.3) is 0 Å². The molecule has 2 heterocycles. The smallest absolute Gasteiger partial charge is 0.224 e. The van der Waals surface area contributed by atoms with Crippen LogP contribution in [0.4, 0.5) is 11.8 Å². The highest BCUT2D eigenvalue weighted by Gasteiger charge is 2.11. The van der Waals surface area contributed by atoms with Gasteiger partial charge in [-0.3, -0.25) is 0 Å². The summed E-state index contributed by atoms with van der Waals surface area (Å²) >= 11 is 0. The molecule has 0 spiro atoms. The summed E-state index contributed by atoms with van der Waals surface area (Å²) in [6.07, 6.45) is 0. The summed E-state index contributed by atoms with van der Waals surface area (Å²) in [5.41, 5.74) is 2.86. The molecule has 3 rings (SSSR count). The molecule has 0 unspecified atom stereocenters. The minimum absolute atomic E-state index is 0.593. The molecule has 0 radical (unpaired) electrons. The third-order valence-corrected chi connectivity index (χ3v) is 3.44. The summed E-state index contributed by atoms with van der Waals surface area (Å²) in [5.74, 6) is 2.21. The molecule has 6 heteroatoms. The van der Waals surface area contributed by atoms with Crippen LogP contribution in [0.15, 0.2) is 28.8 Å². The van der Waals surface area contributed by atoms with Crippen LogP contribution in [0.5, 0.6) is 0 Å². The SMILES string of the molecule is CNc1nc(NCc2c(C)noc2C)c2ccccc2n1. The van der Waals surface area contributed by atoms with Gasteiger partial charge in [-0.05, 0) is 26.0 Å². The molecule has 3 aromatic rings. The van der Waals surface area contributed by atoms with Gasteiger partial charge in [-0.1, -0.05) is 17.3 Å². The van der Waals surface area contributed by atoms with Crippen molar-refractivity contribution in [1.29, 1.82) is 0 Å². The highest BCUT2D eigenvalue weighted by Crippen LogP contribution is 2.23. The van der Waals surface area contributed by atoms with Crippen molar-refractivity contribution in [2.75, 3.05) is 17.7 Å². The molecule has 0 saturated heterocycles. The number of para-hydroxylation sites is 1. The lowest BCUT2D eigenvalue weighted by Crippen LogP contribution is -2.06. The highest BCUT2D eigenvalue weighted by molar-refractivity contribution is 5.89. The Balaban J connectivity index is 1.96. The van der Waals surface area contributed by atoms with E-state index in [-0.39, 0.29) is 0 Å². The van der Waals surface area contributed by atoms with Gasteiger partial charge in [0.2, 0.25) is 5.95 Å². The fraction of sp³-hybridized carbons (Fsp3) is 0.267. The quantitative estimate of drug-likeness (QED) is 0.766. The monoisotopic (exact) mass is 283 g/mol. The van der Waals surface area contributed by atoms with Crippen LogP contribution in [0, 0.1) is 13.8 Å². The van der Waals surface area contributed by atoms with Crippen LogP contribution in [0.3, 0.4) is 0 Å². The van der Waals surface area contributed by atoms with E-state index < -0.39 is 0 Å². The largest absolute Gasteiger partial charge is 0.365 e. The van der Waals surface area contributed by atoms with E-state index >= 15 is 0 Å². The number of hydrogen-bond acceptors (Lipinski definition) is 6. The van der Waals surface area contributed by atoms with E-state index in [1.807, 2.05) is 45.2 Å². The Morgan fingerprint density at radius 2 is 1.95 bits per heavy atom. The molecule has 0 amide bonds. The zero-order chi connectivity index (χ0) is 14.8. The Labute approximate surface area is 122 Å². The summed E-state index contributed by atoms with van der Waals surface area (Å²) in [5, 5.41) is 11.3. The molecule has 1 aromatic carbocycles. The van der Waals surface area contributed by atoms with E-state index in [1.54, 1.807) is 0 Å². The molecule has 6 nitrogen and oxygen atoms in total. The van der Waals surface area contributed by atoms with Crippen LogP contribution in [0.1, 0.15) is 17.0 Å². The van der Waals surface area contributed by atoms with Gasteiger partial charge in [-0.25, -0.2) is 4.98 Å². The highest BCUT2D eigenvalue weighted by atomic mass is 16.5. The van der Waals surface area contributed by atoms with Crippen molar-refractivity contribution < 1.29 is 4.52 Å². The second-order valence-electron chi connectivity index (χ2n) is 4.82. The van der Waals surface area contributed by atoms with Gasteiger partial charge in [-0.2, -0.15) is 4.98 Å². The van der Waals surface area contributed by atoms with E-state index in [4.69, 9.17) is 4.52 Å². The number of aromatic nitrogens is 3. The van der Waals surface area contributed by atoms with E-state index in [9.17, 15) is 0 Å². The molecule has 2 aromatic heterocycles. The van der Waals surface area contributed by atoms with Crippen LogP contribution >= 0.6 is 0 Å². The lowest BCUT2D eigenvalue weighted by molar-refractivity contribution is 0.392. The second-order valence-corrected chi connectivity index (χ2v) is 4.82.